The zero-order valence-electron chi connectivity index (χ0n) is 10.7. The van der Waals surface area contributed by atoms with E-state index >= 15 is 0 Å². The Hall–Kier alpha value is -2.76. The second-order valence-electron chi connectivity index (χ2n) is 4.35. The van der Waals surface area contributed by atoms with E-state index in [9.17, 15) is 4.39 Å². The van der Waals surface area contributed by atoms with Crippen molar-refractivity contribution in [1.29, 1.82) is 0 Å². The molecule has 0 saturated carbocycles. The molecule has 0 atom stereocenters. The highest BCUT2D eigenvalue weighted by molar-refractivity contribution is 5.63. The second-order valence-corrected chi connectivity index (χ2v) is 4.35. The van der Waals surface area contributed by atoms with Gasteiger partial charge in [-0.05, 0) is 36.8 Å². The Balaban J connectivity index is 2.02. The van der Waals surface area contributed by atoms with Gasteiger partial charge in [-0.1, -0.05) is 5.16 Å². The smallest absolute Gasteiger partial charge is 0.258 e. The van der Waals surface area contributed by atoms with E-state index in [2.05, 4.69) is 15.1 Å². The van der Waals surface area contributed by atoms with Gasteiger partial charge in [0.2, 0.25) is 5.82 Å². The van der Waals surface area contributed by atoms with Gasteiger partial charge in [-0.3, -0.25) is 4.98 Å². The molecule has 3 rings (SSSR count). The van der Waals surface area contributed by atoms with Crippen molar-refractivity contribution in [2.24, 2.45) is 0 Å². The predicted octanol–water partition coefficient (Wildman–Crippen LogP) is 2.83. The van der Waals surface area contributed by atoms with Gasteiger partial charge in [-0.25, -0.2) is 4.39 Å². The number of halogens is 1. The van der Waals surface area contributed by atoms with Crippen molar-refractivity contribution in [3.63, 3.8) is 0 Å². The molecule has 2 N–H and O–H groups in total. The Labute approximate surface area is 114 Å². The van der Waals surface area contributed by atoms with E-state index < -0.39 is 5.82 Å². The first-order valence-corrected chi connectivity index (χ1v) is 5.95. The molecule has 0 spiro atoms. The van der Waals surface area contributed by atoms with Gasteiger partial charge in [0.05, 0.1) is 5.69 Å². The summed E-state index contributed by atoms with van der Waals surface area (Å²) in [5, 5.41) is 3.90. The molecule has 1 aromatic carbocycles. The summed E-state index contributed by atoms with van der Waals surface area (Å²) in [5.74, 6) is 0.143. The van der Waals surface area contributed by atoms with Crippen LogP contribution in [0.5, 0.6) is 0 Å². The summed E-state index contributed by atoms with van der Waals surface area (Å²) in [5.41, 5.74) is 7.76. The van der Waals surface area contributed by atoms with E-state index in [0.29, 0.717) is 11.4 Å². The lowest BCUT2D eigenvalue weighted by molar-refractivity contribution is 0.432. The van der Waals surface area contributed by atoms with Crippen LogP contribution in [0.3, 0.4) is 0 Å². The van der Waals surface area contributed by atoms with Crippen molar-refractivity contribution >= 4 is 5.69 Å². The van der Waals surface area contributed by atoms with Crippen molar-refractivity contribution in [3.8, 4) is 22.8 Å². The zero-order chi connectivity index (χ0) is 14.1. The fraction of sp³-hybridized carbons (Fsp3) is 0.0714. The van der Waals surface area contributed by atoms with Gasteiger partial charge in [-0.2, -0.15) is 4.98 Å². The number of nitrogens with two attached hydrogens (primary N) is 1. The van der Waals surface area contributed by atoms with Crippen LogP contribution in [0.25, 0.3) is 22.8 Å². The highest BCUT2D eigenvalue weighted by Crippen LogP contribution is 2.25. The monoisotopic (exact) mass is 270 g/mol. The summed E-state index contributed by atoms with van der Waals surface area (Å²) in [6.07, 6.45) is 3.35. The molecular formula is C14H11FN4O. The number of nitrogen functional groups attached to an aromatic ring is 1. The fourth-order valence-electron chi connectivity index (χ4n) is 1.81. The molecule has 0 fully saturated rings. The lowest BCUT2D eigenvalue weighted by Gasteiger charge is -1.98. The van der Waals surface area contributed by atoms with Crippen LogP contribution < -0.4 is 5.73 Å². The van der Waals surface area contributed by atoms with Gasteiger partial charge in [-0.15, -0.1) is 0 Å². The molecular weight excluding hydrogens is 259 g/mol. The number of aryl methyl sites for hydroxylation is 1. The first kappa shape index (κ1) is 12.3. The van der Waals surface area contributed by atoms with Crippen LogP contribution in [-0.2, 0) is 0 Å². The maximum absolute atomic E-state index is 13.4. The third-order valence-electron chi connectivity index (χ3n) is 2.95. The van der Waals surface area contributed by atoms with E-state index in [1.165, 1.54) is 12.1 Å². The van der Waals surface area contributed by atoms with Crippen LogP contribution in [-0.4, -0.2) is 15.1 Å². The Bertz CT molecular complexity index is 769. The van der Waals surface area contributed by atoms with Crippen molar-refractivity contribution in [2.45, 2.75) is 6.92 Å². The third-order valence-corrected chi connectivity index (χ3v) is 2.95. The topological polar surface area (TPSA) is 77.8 Å². The number of pyridine rings is 1. The Kier molecular flexibility index (Phi) is 2.90. The molecule has 0 saturated heterocycles. The summed E-state index contributed by atoms with van der Waals surface area (Å²) in [6, 6.07) is 6.21. The molecule has 2 aromatic heterocycles. The van der Waals surface area contributed by atoms with E-state index in [0.717, 1.165) is 11.1 Å². The number of rotatable bonds is 2. The summed E-state index contributed by atoms with van der Waals surface area (Å²) in [4.78, 5) is 8.29. The number of nitrogens with zero attached hydrogens (tertiary/aromatic N) is 3. The predicted molar refractivity (Wildman–Crippen MR) is 72.1 cm³/mol. The van der Waals surface area contributed by atoms with Gasteiger partial charge >= 0.3 is 0 Å². The molecule has 3 aromatic rings. The molecule has 0 aliphatic carbocycles. The quantitative estimate of drug-likeness (QED) is 0.724. The third kappa shape index (κ3) is 2.11. The van der Waals surface area contributed by atoms with Gasteiger partial charge in [0.15, 0.2) is 0 Å². The average molecular weight is 270 g/mol. The maximum atomic E-state index is 13.4. The van der Waals surface area contributed by atoms with E-state index in [4.69, 9.17) is 10.3 Å². The highest BCUT2D eigenvalue weighted by atomic mass is 19.1. The summed E-state index contributed by atoms with van der Waals surface area (Å²) >= 11 is 0. The molecule has 0 bridgehead atoms. The molecule has 0 aliphatic heterocycles. The van der Waals surface area contributed by atoms with Gasteiger partial charge in [0, 0.05) is 23.5 Å². The van der Waals surface area contributed by atoms with Crippen molar-refractivity contribution in [1.82, 2.24) is 15.1 Å². The number of aromatic nitrogens is 3. The fourth-order valence-corrected chi connectivity index (χ4v) is 1.81. The highest BCUT2D eigenvalue weighted by Gasteiger charge is 2.13. The number of benzene rings is 1. The van der Waals surface area contributed by atoms with E-state index in [1.807, 2.05) is 13.0 Å². The molecule has 2 heterocycles. The van der Waals surface area contributed by atoms with Crippen LogP contribution >= 0.6 is 0 Å². The van der Waals surface area contributed by atoms with Crippen molar-refractivity contribution < 1.29 is 8.91 Å². The minimum atomic E-state index is -0.514. The van der Waals surface area contributed by atoms with Crippen molar-refractivity contribution in [2.75, 3.05) is 5.73 Å². The molecule has 6 heteroatoms. The van der Waals surface area contributed by atoms with Gasteiger partial charge < -0.3 is 10.3 Å². The summed E-state index contributed by atoms with van der Waals surface area (Å²) in [6.45, 7) is 1.93. The van der Waals surface area contributed by atoms with Gasteiger partial charge in [0.25, 0.3) is 5.89 Å². The molecule has 0 unspecified atom stereocenters. The molecule has 0 aliphatic rings. The van der Waals surface area contributed by atoms with Gasteiger partial charge in [0.1, 0.15) is 5.82 Å². The lowest BCUT2D eigenvalue weighted by atomic mass is 10.1. The first-order chi connectivity index (χ1) is 9.65. The molecule has 5 nitrogen and oxygen atoms in total. The largest absolute Gasteiger partial charge is 0.396 e. The normalized spacial score (nSPS) is 10.7. The maximum Gasteiger partial charge on any atom is 0.258 e. The minimum absolute atomic E-state index is 0.0802. The van der Waals surface area contributed by atoms with Crippen LogP contribution in [0, 0.1) is 12.7 Å². The van der Waals surface area contributed by atoms with E-state index in [-0.39, 0.29) is 11.6 Å². The zero-order valence-corrected chi connectivity index (χ0v) is 10.7. The summed E-state index contributed by atoms with van der Waals surface area (Å²) < 4.78 is 18.6. The Morgan fingerprint density at radius 1 is 1.25 bits per heavy atom. The summed E-state index contributed by atoms with van der Waals surface area (Å²) in [7, 11) is 0. The van der Waals surface area contributed by atoms with Crippen LogP contribution in [0.1, 0.15) is 5.56 Å². The number of anilines is 1. The Morgan fingerprint density at radius 3 is 2.85 bits per heavy atom. The molecule has 0 amide bonds. The first-order valence-electron chi connectivity index (χ1n) is 5.95. The number of hydrogen-bond donors (Lipinski definition) is 1. The van der Waals surface area contributed by atoms with Crippen LogP contribution in [0.15, 0.2) is 41.2 Å². The Morgan fingerprint density at radius 2 is 2.10 bits per heavy atom. The minimum Gasteiger partial charge on any atom is -0.396 e. The molecule has 100 valence electrons. The SMILES string of the molecule is Cc1ccncc1-c1noc(-c2ccc(N)c(F)c2)n1. The standard InChI is InChI=1S/C14H11FN4O/c1-8-4-5-17-7-10(8)13-18-14(20-19-13)9-2-3-12(16)11(15)6-9/h2-7H,16H2,1H3. The second kappa shape index (κ2) is 4.73. The molecule has 0 radical (unpaired) electrons. The van der Waals surface area contributed by atoms with E-state index in [1.54, 1.807) is 18.5 Å². The molecule has 20 heavy (non-hydrogen) atoms. The van der Waals surface area contributed by atoms with Crippen LogP contribution in [0.4, 0.5) is 10.1 Å². The lowest BCUT2D eigenvalue weighted by Crippen LogP contribution is -1.90. The van der Waals surface area contributed by atoms with Crippen LogP contribution in [0.2, 0.25) is 0 Å². The average Bonchev–Trinajstić information content (AvgIpc) is 2.92. The number of hydrogen-bond acceptors (Lipinski definition) is 5. The van der Waals surface area contributed by atoms with Crippen molar-refractivity contribution in [3.05, 3.63) is 48.0 Å².